The third-order valence-electron chi connectivity index (χ3n) is 3.22. The molecule has 0 unspecified atom stereocenters. The van der Waals surface area contributed by atoms with Crippen LogP contribution in [-0.4, -0.2) is 10.9 Å². The maximum absolute atomic E-state index is 12.4. The van der Waals surface area contributed by atoms with Crippen molar-refractivity contribution in [2.45, 2.75) is 6.92 Å². The fraction of sp³-hybridized carbons (Fsp3) is 0.0588. The lowest BCUT2D eigenvalue weighted by atomic mass is 10.3. The van der Waals surface area contributed by atoms with E-state index < -0.39 is 0 Å². The first kappa shape index (κ1) is 16.8. The van der Waals surface area contributed by atoms with Crippen molar-refractivity contribution in [1.82, 2.24) is 4.98 Å². The van der Waals surface area contributed by atoms with Crippen LogP contribution in [0, 0.1) is 6.92 Å². The molecule has 122 valence electrons. The minimum Gasteiger partial charge on any atom is -0.330 e. The Labute approximate surface area is 153 Å². The van der Waals surface area contributed by atoms with Crippen LogP contribution in [0.4, 0.5) is 16.5 Å². The van der Waals surface area contributed by atoms with Gasteiger partial charge in [-0.05, 0) is 43.3 Å². The zero-order chi connectivity index (χ0) is 17.1. The van der Waals surface area contributed by atoms with Crippen molar-refractivity contribution < 1.29 is 4.79 Å². The summed E-state index contributed by atoms with van der Waals surface area (Å²) in [6, 6.07) is 14.3. The Bertz CT molecular complexity index is 878. The fourth-order valence-electron chi connectivity index (χ4n) is 2.06. The molecule has 0 aliphatic heterocycles. The van der Waals surface area contributed by atoms with E-state index in [-0.39, 0.29) is 5.91 Å². The zero-order valence-corrected chi connectivity index (χ0v) is 15.0. The van der Waals surface area contributed by atoms with E-state index in [0.29, 0.717) is 31.4 Å². The van der Waals surface area contributed by atoms with Gasteiger partial charge in [-0.15, -0.1) is 0 Å². The highest BCUT2D eigenvalue weighted by atomic mass is 35.5. The van der Waals surface area contributed by atoms with Gasteiger partial charge in [-0.25, -0.2) is 4.98 Å². The highest BCUT2D eigenvalue weighted by molar-refractivity contribution is 7.17. The summed E-state index contributed by atoms with van der Waals surface area (Å²) in [5.41, 5.74) is 2.08. The van der Waals surface area contributed by atoms with Crippen LogP contribution in [0.25, 0.3) is 0 Å². The Balaban J connectivity index is 1.77. The number of carbonyl (C=O) groups is 1. The second-order valence-electron chi connectivity index (χ2n) is 5.00. The molecular formula is C17H13Cl2N3OS. The van der Waals surface area contributed by atoms with Gasteiger partial charge in [-0.2, -0.15) is 0 Å². The minimum atomic E-state index is -0.209. The number of aryl methyl sites for hydroxylation is 1. The van der Waals surface area contributed by atoms with Crippen LogP contribution in [0.1, 0.15) is 15.4 Å². The summed E-state index contributed by atoms with van der Waals surface area (Å²) in [5.74, 6) is -0.209. The topological polar surface area (TPSA) is 54.0 Å². The number of para-hydroxylation sites is 1. The molecule has 3 rings (SSSR count). The molecule has 0 radical (unpaired) electrons. The maximum atomic E-state index is 12.4. The maximum Gasteiger partial charge on any atom is 0.267 e. The number of hydrogen-bond donors (Lipinski definition) is 2. The average Bonchev–Trinajstić information content (AvgIpc) is 2.92. The molecule has 0 spiro atoms. The van der Waals surface area contributed by atoms with E-state index in [1.54, 1.807) is 37.3 Å². The van der Waals surface area contributed by atoms with Crippen molar-refractivity contribution in [1.29, 1.82) is 0 Å². The van der Waals surface area contributed by atoms with Crippen LogP contribution in [-0.2, 0) is 0 Å². The summed E-state index contributed by atoms with van der Waals surface area (Å²) in [6.07, 6.45) is 0. The first-order chi connectivity index (χ1) is 11.5. The van der Waals surface area contributed by atoms with Gasteiger partial charge in [0.25, 0.3) is 5.91 Å². The summed E-state index contributed by atoms with van der Waals surface area (Å²) in [7, 11) is 0. The van der Waals surface area contributed by atoms with Crippen molar-refractivity contribution in [3.05, 3.63) is 69.1 Å². The van der Waals surface area contributed by atoms with E-state index in [1.807, 2.05) is 18.2 Å². The van der Waals surface area contributed by atoms with Gasteiger partial charge in [0.15, 0.2) is 5.13 Å². The molecule has 1 amide bonds. The molecule has 0 aliphatic rings. The molecular weight excluding hydrogens is 365 g/mol. The van der Waals surface area contributed by atoms with Crippen LogP contribution < -0.4 is 10.6 Å². The van der Waals surface area contributed by atoms with Crippen molar-refractivity contribution in [3.63, 3.8) is 0 Å². The number of hydrogen-bond acceptors (Lipinski definition) is 4. The Hall–Kier alpha value is -2.08. The second kappa shape index (κ2) is 7.21. The monoisotopic (exact) mass is 377 g/mol. The number of aromatic nitrogens is 1. The molecule has 0 bridgehead atoms. The predicted molar refractivity (Wildman–Crippen MR) is 101 cm³/mol. The Morgan fingerprint density at radius 2 is 1.79 bits per heavy atom. The van der Waals surface area contributed by atoms with Gasteiger partial charge >= 0.3 is 0 Å². The smallest absolute Gasteiger partial charge is 0.267 e. The quantitative estimate of drug-likeness (QED) is 0.607. The number of benzene rings is 2. The number of rotatable bonds is 4. The zero-order valence-electron chi connectivity index (χ0n) is 12.6. The number of nitrogens with zero attached hydrogens (tertiary/aromatic N) is 1. The molecule has 1 heterocycles. The number of thiazole rings is 1. The van der Waals surface area contributed by atoms with Gasteiger partial charge in [0.1, 0.15) is 4.88 Å². The van der Waals surface area contributed by atoms with Gasteiger partial charge in [-0.1, -0.05) is 46.7 Å². The number of carbonyl (C=O) groups excluding carboxylic acids is 1. The number of amides is 1. The standard InChI is InChI=1S/C17H13Cl2N3OS/c1-10-15(16(23)21-12-8-6-11(18)7-9-12)24-17(20-10)22-14-5-3-2-4-13(14)19/h2-9H,1H3,(H,20,22)(H,21,23). The molecule has 0 fully saturated rings. The van der Waals surface area contributed by atoms with Crippen LogP contribution in [0.2, 0.25) is 10.0 Å². The van der Waals surface area contributed by atoms with Crippen molar-refractivity contribution >= 4 is 57.0 Å². The van der Waals surface area contributed by atoms with Gasteiger partial charge in [0, 0.05) is 10.7 Å². The van der Waals surface area contributed by atoms with Crippen LogP contribution in [0.5, 0.6) is 0 Å². The van der Waals surface area contributed by atoms with E-state index >= 15 is 0 Å². The molecule has 7 heteroatoms. The highest BCUT2D eigenvalue weighted by Gasteiger charge is 2.16. The van der Waals surface area contributed by atoms with E-state index in [1.165, 1.54) is 11.3 Å². The first-order valence-corrected chi connectivity index (χ1v) is 8.66. The molecule has 2 N–H and O–H groups in total. The van der Waals surface area contributed by atoms with Crippen LogP contribution in [0.15, 0.2) is 48.5 Å². The third kappa shape index (κ3) is 3.87. The van der Waals surface area contributed by atoms with Gasteiger partial charge < -0.3 is 10.6 Å². The Kier molecular flexibility index (Phi) is 5.04. The first-order valence-electron chi connectivity index (χ1n) is 7.09. The molecule has 0 saturated heterocycles. The van der Waals surface area contributed by atoms with E-state index in [0.717, 1.165) is 5.69 Å². The second-order valence-corrected chi connectivity index (χ2v) is 6.84. The average molecular weight is 378 g/mol. The summed E-state index contributed by atoms with van der Waals surface area (Å²) in [5, 5.41) is 7.80. The van der Waals surface area contributed by atoms with Crippen LogP contribution in [0.3, 0.4) is 0 Å². The minimum absolute atomic E-state index is 0.209. The van der Waals surface area contributed by atoms with E-state index in [4.69, 9.17) is 23.2 Å². The molecule has 0 saturated carbocycles. The molecule has 24 heavy (non-hydrogen) atoms. The summed E-state index contributed by atoms with van der Waals surface area (Å²) in [4.78, 5) is 17.4. The van der Waals surface area contributed by atoms with Gasteiger partial charge in [-0.3, -0.25) is 4.79 Å². The van der Waals surface area contributed by atoms with Crippen molar-refractivity contribution in [2.75, 3.05) is 10.6 Å². The van der Waals surface area contributed by atoms with Gasteiger partial charge in [0.05, 0.1) is 16.4 Å². The summed E-state index contributed by atoms with van der Waals surface area (Å²) >= 11 is 13.2. The van der Waals surface area contributed by atoms with Crippen molar-refractivity contribution in [3.8, 4) is 0 Å². The SMILES string of the molecule is Cc1nc(Nc2ccccc2Cl)sc1C(=O)Nc1ccc(Cl)cc1. The molecule has 2 aromatic carbocycles. The summed E-state index contributed by atoms with van der Waals surface area (Å²) < 4.78 is 0. The van der Waals surface area contributed by atoms with E-state index in [2.05, 4.69) is 15.6 Å². The molecule has 4 nitrogen and oxygen atoms in total. The third-order valence-corrected chi connectivity index (χ3v) is 4.87. The molecule has 0 aliphatic carbocycles. The summed E-state index contributed by atoms with van der Waals surface area (Å²) in [6.45, 7) is 1.80. The number of anilines is 3. The molecule has 1 aromatic heterocycles. The highest BCUT2D eigenvalue weighted by Crippen LogP contribution is 2.29. The van der Waals surface area contributed by atoms with Crippen LogP contribution >= 0.6 is 34.5 Å². The van der Waals surface area contributed by atoms with Gasteiger partial charge in [0.2, 0.25) is 0 Å². The lowest BCUT2D eigenvalue weighted by molar-refractivity contribution is 0.103. The number of nitrogens with one attached hydrogen (secondary N) is 2. The normalized spacial score (nSPS) is 10.5. The lowest BCUT2D eigenvalue weighted by Gasteiger charge is -2.04. The Morgan fingerprint density at radius 3 is 2.50 bits per heavy atom. The fourth-order valence-corrected chi connectivity index (χ4v) is 3.24. The molecule has 0 atom stereocenters. The predicted octanol–water partition coefficient (Wildman–Crippen LogP) is 5.75. The van der Waals surface area contributed by atoms with E-state index in [9.17, 15) is 4.79 Å². The molecule has 3 aromatic rings. The Morgan fingerprint density at radius 1 is 1.08 bits per heavy atom. The lowest BCUT2D eigenvalue weighted by Crippen LogP contribution is -2.11. The van der Waals surface area contributed by atoms with Crippen molar-refractivity contribution in [2.24, 2.45) is 0 Å². The number of halogens is 2. The largest absolute Gasteiger partial charge is 0.330 e.